The van der Waals surface area contributed by atoms with Crippen LogP contribution in [0, 0.1) is 0 Å². The molecule has 2 aromatic heterocycles. The number of carboxylic acid groups (broad SMARTS) is 1. The summed E-state index contributed by atoms with van der Waals surface area (Å²) in [6.45, 7) is 0.234. The van der Waals surface area contributed by atoms with Gasteiger partial charge in [0.1, 0.15) is 6.04 Å². The number of rotatable bonds is 3. The summed E-state index contributed by atoms with van der Waals surface area (Å²) in [6.07, 6.45) is 3.45. The van der Waals surface area contributed by atoms with Crippen LogP contribution < -0.4 is 0 Å². The molecule has 2 aromatic rings. The van der Waals surface area contributed by atoms with E-state index in [-0.39, 0.29) is 25.3 Å². The molecule has 2 N–H and O–H groups in total. The molecule has 1 aliphatic heterocycles. The Morgan fingerprint density at radius 2 is 2.24 bits per heavy atom. The van der Waals surface area contributed by atoms with Crippen molar-refractivity contribution in [2.75, 3.05) is 0 Å². The number of nitrogens with one attached hydrogen (secondary N) is 1. The Morgan fingerprint density at radius 3 is 2.95 bits per heavy atom. The lowest BCUT2D eigenvalue weighted by Crippen LogP contribution is -2.49. The van der Waals surface area contributed by atoms with Gasteiger partial charge in [-0.3, -0.25) is 9.78 Å². The third-order valence-electron chi connectivity index (χ3n) is 3.56. The minimum Gasteiger partial charge on any atom is -0.480 e. The Labute approximate surface area is 120 Å². The van der Waals surface area contributed by atoms with Gasteiger partial charge in [-0.25, -0.2) is 9.78 Å². The van der Waals surface area contributed by atoms with Crippen molar-refractivity contribution in [3.63, 3.8) is 0 Å². The van der Waals surface area contributed by atoms with Crippen molar-refractivity contribution in [2.24, 2.45) is 0 Å². The van der Waals surface area contributed by atoms with Crippen LogP contribution in [0.1, 0.15) is 17.1 Å². The van der Waals surface area contributed by atoms with Crippen molar-refractivity contribution < 1.29 is 14.7 Å². The van der Waals surface area contributed by atoms with Gasteiger partial charge in [-0.2, -0.15) is 0 Å². The lowest BCUT2D eigenvalue weighted by Gasteiger charge is -2.32. The first-order valence-corrected chi connectivity index (χ1v) is 6.58. The number of fused-ring (bicyclic) bond motifs is 1. The average molecular weight is 286 g/mol. The highest BCUT2D eigenvalue weighted by atomic mass is 16.4. The standard InChI is InChI=1S/C14H14N4O3/c19-13(5-9-3-1-2-4-15-9)18-7-11-10(16-8-17-11)6-12(18)14(20)21/h1-4,8,12H,5-7H2,(H,16,17)(H,20,21). The van der Waals surface area contributed by atoms with E-state index in [1.165, 1.54) is 11.2 Å². The molecule has 0 aliphatic carbocycles. The minimum absolute atomic E-state index is 0.0914. The van der Waals surface area contributed by atoms with E-state index in [2.05, 4.69) is 15.0 Å². The topological polar surface area (TPSA) is 99.2 Å². The normalized spacial score (nSPS) is 17.3. The molecule has 7 heteroatoms. The number of aromatic amines is 1. The number of carbonyl (C=O) groups is 2. The summed E-state index contributed by atoms with van der Waals surface area (Å²) in [5, 5.41) is 9.34. The van der Waals surface area contributed by atoms with Crippen molar-refractivity contribution in [1.29, 1.82) is 0 Å². The second kappa shape index (κ2) is 5.35. The molecule has 0 spiro atoms. The zero-order valence-electron chi connectivity index (χ0n) is 11.2. The van der Waals surface area contributed by atoms with Gasteiger partial charge in [0.2, 0.25) is 5.91 Å². The van der Waals surface area contributed by atoms with E-state index < -0.39 is 12.0 Å². The SMILES string of the molecule is O=C(O)C1Cc2nc[nH]c2CN1C(=O)Cc1ccccn1. The number of carboxylic acids is 1. The van der Waals surface area contributed by atoms with Crippen LogP contribution in [0.2, 0.25) is 0 Å². The number of pyridine rings is 1. The molecule has 0 aromatic carbocycles. The molecule has 1 unspecified atom stereocenters. The summed E-state index contributed by atoms with van der Waals surface area (Å²) in [6, 6.07) is 4.44. The molecule has 1 aliphatic rings. The molecule has 21 heavy (non-hydrogen) atoms. The van der Waals surface area contributed by atoms with Gasteiger partial charge in [-0.1, -0.05) is 6.07 Å². The molecule has 7 nitrogen and oxygen atoms in total. The maximum atomic E-state index is 12.4. The van der Waals surface area contributed by atoms with Gasteiger partial charge < -0.3 is 15.0 Å². The first-order valence-electron chi connectivity index (χ1n) is 6.58. The van der Waals surface area contributed by atoms with Crippen molar-refractivity contribution in [1.82, 2.24) is 19.9 Å². The number of hydrogen-bond donors (Lipinski definition) is 2. The monoisotopic (exact) mass is 286 g/mol. The van der Waals surface area contributed by atoms with Crippen molar-refractivity contribution in [2.45, 2.75) is 25.4 Å². The molecule has 0 saturated heterocycles. The predicted molar refractivity (Wildman–Crippen MR) is 72.2 cm³/mol. The van der Waals surface area contributed by atoms with Crippen LogP contribution in [-0.4, -0.2) is 42.9 Å². The van der Waals surface area contributed by atoms with Crippen LogP contribution >= 0.6 is 0 Å². The highest BCUT2D eigenvalue weighted by Crippen LogP contribution is 2.21. The van der Waals surface area contributed by atoms with Crippen LogP contribution in [0.4, 0.5) is 0 Å². The molecule has 1 atom stereocenters. The third kappa shape index (κ3) is 2.62. The van der Waals surface area contributed by atoms with E-state index in [1.54, 1.807) is 24.4 Å². The van der Waals surface area contributed by atoms with E-state index in [0.717, 1.165) is 5.69 Å². The van der Waals surface area contributed by atoms with Crippen LogP contribution in [0.25, 0.3) is 0 Å². The number of imidazole rings is 1. The maximum absolute atomic E-state index is 12.4. The number of H-pyrrole nitrogens is 1. The second-order valence-corrected chi connectivity index (χ2v) is 4.91. The fourth-order valence-electron chi connectivity index (χ4n) is 2.48. The zero-order valence-corrected chi connectivity index (χ0v) is 11.2. The average Bonchev–Trinajstić information content (AvgIpc) is 2.94. The minimum atomic E-state index is -1.02. The lowest BCUT2D eigenvalue weighted by atomic mass is 10.0. The van der Waals surface area contributed by atoms with Crippen molar-refractivity contribution in [3.8, 4) is 0 Å². The van der Waals surface area contributed by atoms with E-state index in [1.807, 2.05) is 0 Å². The smallest absolute Gasteiger partial charge is 0.326 e. The van der Waals surface area contributed by atoms with Gasteiger partial charge >= 0.3 is 5.97 Å². The number of hydrogen-bond acceptors (Lipinski definition) is 4. The van der Waals surface area contributed by atoms with Crippen LogP contribution in [-0.2, 0) is 29.0 Å². The molecule has 0 fully saturated rings. The maximum Gasteiger partial charge on any atom is 0.326 e. The Bertz CT molecular complexity index is 668. The fraction of sp³-hybridized carbons (Fsp3) is 0.286. The highest BCUT2D eigenvalue weighted by Gasteiger charge is 2.35. The fourth-order valence-corrected chi connectivity index (χ4v) is 2.48. The molecule has 108 valence electrons. The third-order valence-corrected chi connectivity index (χ3v) is 3.56. The summed E-state index contributed by atoms with van der Waals surface area (Å²) < 4.78 is 0. The van der Waals surface area contributed by atoms with Gasteiger partial charge in [-0.05, 0) is 12.1 Å². The quantitative estimate of drug-likeness (QED) is 0.850. The van der Waals surface area contributed by atoms with Crippen LogP contribution in [0.5, 0.6) is 0 Å². The number of aromatic nitrogens is 3. The summed E-state index contributed by atoms with van der Waals surface area (Å²) in [5.74, 6) is -1.26. The highest BCUT2D eigenvalue weighted by molar-refractivity contribution is 5.85. The van der Waals surface area contributed by atoms with E-state index in [4.69, 9.17) is 0 Å². The first-order chi connectivity index (χ1) is 10.1. The summed E-state index contributed by atoms with van der Waals surface area (Å²) >= 11 is 0. The van der Waals surface area contributed by atoms with Gasteiger partial charge in [0.15, 0.2) is 0 Å². The number of carbonyl (C=O) groups excluding carboxylic acids is 1. The summed E-state index contributed by atoms with van der Waals surface area (Å²) in [4.78, 5) is 36.3. The lowest BCUT2D eigenvalue weighted by molar-refractivity contribution is -0.151. The van der Waals surface area contributed by atoms with E-state index >= 15 is 0 Å². The summed E-state index contributed by atoms with van der Waals surface area (Å²) in [5.41, 5.74) is 2.13. The van der Waals surface area contributed by atoms with Crippen molar-refractivity contribution in [3.05, 3.63) is 47.8 Å². The van der Waals surface area contributed by atoms with Crippen LogP contribution in [0.3, 0.4) is 0 Å². The van der Waals surface area contributed by atoms with E-state index in [0.29, 0.717) is 11.4 Å². The zero-order chi connectivity index (χ0) is 14.8. The predicted octanol–water partition coefficient (Wildman–Crippen LogP) is 0.385. The molecule has 1 amide bonds. The number of aliphatic carboxylic acids is 1. The number of nitrogens with zero attached hydrogens (tertiary/aromatic N) is 3. The Morgan fingerprint density at radius 1 is 1.38 bits per heavy atom. The van der Waals surface area contributed by atoms with Gasteiger partial charge in [-0.15, -0.1) is 0 Å². The molecular formula is C14H14N4O3. The van der Waals surface area contributed by atoms with Gasteiger partial charge in [0, 0.05) is 18.3 Å². The Kier molecular flexibility index (Phi) is 3.39. The van der Waals surface area contributed by atoms with Gasteiger partial charge in [0.05, 0.1) is 30.7 Å². The summed E-state index contributed by atoms with van der Waals surface area (Å²) in [7, 11) is 0. The second-order valence-electron chi connectivity index (χ2n) is 4.91. The molecule has 0 bridgehead atoms. The molecule has 3 rings (SSSR count). The molecular weight excluding hydrogens is 272 g/mol. The van der Waals surface area contributed by atoms with E-state index in [9.17, 15) is 14.7 Å². The molecule has 3 heterocycles. The molecule has 0 saturated carbocycles. The molecule has 0 radical (unpaired) electrons. The Hall–Kier alpha value is -2.70. The Balaban J connectivity index is 1.82. The number of amides is 1. The first kappa shape index (κ1) is 13.3. The van der Waals surface area contributed by atoms with Crippen molar-refractivity contribution >= 4 is 11.9 Å². The van der Waals surface area contributed by atoms with Crippen LogP contribution in [0.15, 0.2) is 30.7 Å². The largest absolute Gasteiger partial charge is 0.480 e. The van der Waals surface area contributed by atoms with Gasteiger partial charge in [0.25, 0.3) is 0 Å².